The number of hydrogen-bond acceptors (Lipinski definition) is 5. The average molecular weight is 316 g/mol. The molecule has 23 heavy (non-hydrogen) atoms. The van der Waals surface area contributed by atoms with Gasteiger partial charge in [0.2, 0.25) is 5.82 Å². The fraction of sp³-hybridized carbons (Fsp3) is 0.200. The number of amides is 1. The Labute approximate surface area is 132 Å². The Morgan fingerprint density at radius 2 is 2.17 bits per heavy atom. The smallest absolute Gasteiger partial charge is 0.407 e. The van der Waals surface area contributed by atoms with Gasteiger partial charge >= 0.3 is 11.9 Å². The molecular formula is C15H16N4O4. The monoisotopic (exact) mass is 316 g/mol. The molecule has 1 amide bonds. The molecule has 120 valence electrons. The van der Waals surface area contributed by atoms with Crippen LogP contribution in [0.5, 0.6) is 0 Å². The standard InChI is InChI=1S/C15H16N4O4/c20-15(23-11-12-6-2-1-3-7-12)16-9-5-4-8-13-17-10-14(18-13)19(21)22/h1-4,6-8,10H,5,9,11H2,(H,16,20)(H,17,18). The Bertz CT molecular complexity index is 682. The zero-order chi connectivity index (χ0) is 16.5. The average Bonchev–Trinajstić information content (AvgIpc) is 3.03. The molecule has 0 atom stereocenters. The van der Waals surface area contributed by atoms with Crippen LogP contribution in [0.3, 0.4) is 0 Å². The number of H-pyrrole nitrogens is 1. The molecule has 2 N–H and O–H groups in total. The van der Waals surface area contributed by atoms with Gasteiger partial charge in [0.25, 0.3) is 0 Å². The maximum atomic E-state index is 11.5. The lowest BCUT2D eigenvalue weighted by atomic mass is 10.2. The molecule has 8 nitrogen and oxygen atoms in total. The number of alkyl carbamates (subject to hydrolysis) is 1. The molecule has 0 spiro atoms. The van der Waals surface area contributed by atoms with E-state index in [-0.39, 0.29) is 12.4 Å². The Balaban J connectivity index is 1.63. The normalized spacial score (nSPS) is 10.6. The fourth-order valence-corrected chi connectivity index (χ4v) is 1.73. The third-order valence-corrected chi connectivity index (χ3v) is 2.85. The SMILES string of the molecule is O=C(NCCC=Cc1ncc([N+](=O)[O-])[nH]1)OCc1ccccc1. The van der Waals surface area contributed by atoms with Crippen molar-refractivity contribution in [3.8, 4) is 0 Å². The maximum Gasteiger partial charge on any atom is 0.407 e. The van der Waals surface area contributed by atoms with Gasteiger partial charge in [-0.1, -0.05) is 36.4 Å². The highest BCUT2D eigenvalue weighted by molar-refractivity contribution is 5.67. The summed E-state index contributed by atoms with van der Waals surface area (Å²) in [4.78, 5) is 27.8. The summed E-state index contributed by atoms with van der Waals surface area (Å²) in [6.07, 6.45) is 4.58. The summed E-state index contributed by atoms with van der Waals surface area (Å²) < 4.78 is 5.05. The van der Waals surface area contributed by atoms with Crippen LogP contribution in [0.4, 0.5) is 10.6 Å². The van der Waals surface area contributed by atoms with Gasteiger partial charge in [-0.3, -0.25) is 0 Å². The third-order valence-electron chi connectivity index (χ3n) is 2.85. The van der Waals surface area contributed by atoms with Crippen molar-refractivity contribution in [1.29, 1.82) is 0 Å². The molecule has 1 aromatic carbocycles. The first-order valence-electron chi connectivity index (χ1n) is 6.95. The molecule has 1 aromatic heterocycles. The molecule has 0 unspecified atom stereocenters. The predicted octanol–water partition coefficient (Wildman–Crippen LogP) is 2.65. The molecule has 0 fully saturated rings. The largest absolute Gasteiger partial charge is 0.445 e. The highest BCUT2D eigenvalue weighted by atomic mass is 16.6. The van der Waals surface area contributed by atoms with Gasteiger partial charge in [-0.15, -0.1) is 0 Å². The molecule has 0 saturated carbocycles. The molecule has 0 radical (unpaired) electrons. The van der Waals surface area contributed by atoms with Crippen molar-refractivity contribution < 1.29 is 14.5 Å². The van der Waals surface area contributed by atoms with Gasteiger partial charge in [0.1, 0.15) is 12.8 Å². The molecule has 0 aliphatic carbocycles. The first-order chi connectivity index (χ1) is 11.1. The Kier molecular flexibility index (Phi) is 5.87. The number of hydrogen-bond donors (Lipinski definition) is 2. The van der Waals surface area contributed by atoms with Crippen molar-refractivity contribution in [2.24, 2.45) is 0 Å². The number of nitrogens with one attached hydrogen (secondary N) is 2. The van der Waals surface area contributed by atoms with Crippen LogP contribution in [0.15, 0.2) is 42.6 Å². The van der Waals surface area contributed by atoms with E-state index in [0.717, 1.165) is 11.8 Å². The lowest BCUT2D eigenvalue weighted by Gasteiger charge is -2.05. The van der Waals surface area contributed by atoms with Crippen molar-refractivity contribution in [3.63, 3.8) is 0 Å². The lowest BCUT2D eigenvalue weighted by molar-refractivity contribution is -0.389. The summed E-state index contributed by atoms with van der Waals surface area (Å²) in [6, 6.07) is 9.39. The molecule has 8 heteroatoms. The van der Waals surface area contributed by atoms with Gasteiger partial charge in [-0.2, -0.15) is 0 Å². The van der Waals surface area contributed by atoms with E-state index in [1.807, 2.05) is 30.3 Å². The number of aromatic nitrogens is 2. The van der Waals surface area contributed by atoms with Crippen LogP contribution in [-0.4, -0.2) is 27.5 Å². The topological polar surface area (TPSA) is 110 Å². The summed E-state index contributed by atoms with van der Waals surface area (Å²) >= 11 is 0. The molecule has 1 heterocycles. The number of ether oxygens (including phenoxy) is 1. The van der Waals surface area contributed by atoms with Crippen molar-refractivity contribution in [1.82, 2.24) is 15.3 Å². The van der Waals surface area contributed by atoms with Crippen LogP contribution in [0.1, 0.15) is 17.8 Å². The minimum absolute atomic E-state index is 0.160. The molecule has 0 bridgehead atoms. The Morgan fingerprint density at radius 1 is 1.39 bits per heavy atom. The van der Waals surface area contributed by atoms with Crippen molar-refractivity contribution >= 4 is 18.0 Å². The zero-order valence-corrected chi connectivity index (χ0v) is 12.3. The number of imidazole rings is 1. The minimum Gasteiger partial charge on any atom is -0.445 e. The molecule has 0 saturated heterocycles. The molecule has 0 aliphatic heterocycles. The van der Waals surface area contributed by atoms with E-state index in [1.54, 1.807) is 12.2 Å². The van der Waals surface area contributed by atoms with Crippen molar-refractivity contribution in [2.75, 3.05) is 6.54 Å². The van der Waals surface area contributed by atoms with Gasteiger partial charge in [0, 0.05) is 12.6 Å². The van der Waals surface area contributed by atoms with E-state index in [1.165, 1.54) is 0 Å². The van der Waals surface area contributed by atoms with Crippen LogP contribution < -0.4 is 5.32 Å². The van der Waals surface area contributed by atoms with Crippen LogP contribution in [-0.2, 0) is 11.3 Å². The number of carbonyl (C=O) groups excluding carboxylic acids is 1. The number of nitrogens with zero attached hydrogens (tertiary/aromatic N) is 2. The highest BCUT2D eigenvalue weighted by Gasteiger charge is 2.06. The molecule has 0 aliphatic rings. The molecule has 2 rings (SSSR count). The zero-order valence-electron chi connectivity index (χ0n) is 12.3. The van der Waals surface area contributed by atoms with E-state index in [9.17, 15) is 14.9 Å². The summed E-state index contributed by atoms with van der Waals surface area (Å²) in [5.41, 5.74) is 0.918. The summed E-state index contributed by atoms with van der Waals surface area (Å²) in [5, 5.41) is 13.1. The second-order valence-electron chi connectivity index (χ2n) is 4.59. The molecule has 2 aromatic rings. The van der Waals surface area contributed by atoms with E-state index in [2.05, 4.69) is 15.3 Å². The van der Waals surface area contributed by atoms with Gasteiger partial charge in [0.05, 0.1) is 0 Å². The number of nitro groups is 1. The number of benzene rings is 1. The Morgan fingerprint density at radius 3 is 2.87 bits per heavy atom. The van der Waals surface area contributed by atoms with Crippen LogP contribution >= 0.6 is 0 Å². The highest BCUT2D eigenvalue weighted by Crippen LogP contribution is 2.07. The third kappa shape index (κ3) is 5.62. The Hall–Kier alpha value is -3.16. The second-order valence-corrected chi connectivity index (χ2v) is 4.59. The van der Waals surface area contributed by atoms with Crippen molar-refractivity contribution in [3.05, 3.63) is 64.1 Å². The molecular weight excluding hydrogens is 300 g/mol. The van der Waals surface area contributed by atoms with Gasteiger partial charge in [-0.25, -0.2) is 14.8 Å². The van der Waals surface area contributed by atoms with E-state index < -0.39 is 11.0 Å². The van der Waals surface area contributed by atoms with Crippen LogP contribution in [0.25, 0.3) is 6.08 Å². The number of carbonyl (C=O) groups is 1. The van der Waals surface area contributed by atoms with Crippen LogP contribution in [0, 0.1) is 10.1 Å². The summed E-state index contributed by atoms with van der Waals surface area (Å²) in [7, 11) is 0. The number of rotatable bonds is 7. The first-order valence-corrected chi connectivity index (χ1v) is 6.95. The van der Waals surface area contributed by atoms with E-state index in [4.69, 9.17) is 4.74 Å². The lowest BCUT2D eigenvalue weighted by Crippen LogP contribution is -2.24. The van der Waals surface area contributed by atoms with E-state index in [0.29, 0.717) is 18.8 Å². The fourth-order valence-electron chi connectivity index (χ4n) is 1.73. The van der Waals surface area contributed by atoms with Crippen LogP contribution in [0.2, 0.25) is 0 Å². The van der Waals surface area contributed by atoms with Gasteiger partial charge in [-0.05, 0) is 16.9 Å². The summed E-state index contributed by atoms with van der Waals surface area (Å²) in [6.45, 7) is 0.617. The first kappa shape index (κ1) is 16.2. The van der Waals surface area contributed by atoms with Gasteiger partial charge in [0.15, 0.2) is 0 Å². The van der Waals surface area contributed by atoms with E-state index >= 15 is 0 Å². The van der Waals surface area contributed by atoms with Crippen molar-refractivity contribution in [2.45, 2.75) is 13.0 Å². The predicted molar refractivity (Wildman–Crippen MR) is 83.5 cm³/mol. The maximum absolute atomic E-state index is 11.5. The summed E-state index contributed by atoms with van der Waals surface area (Å²) in [5.74, 6) is 0.232. The number of aromatic amines is 1. The van der Waals surface area contributed by atoms with Gasteiger partial charge < -0.3 is 20.2 Å². The second kappa shape index (κ2) is 8.32. The quantitative estimate of drug-likeness (QED) is 0.463. The minimum atomic E-state index is -0.547.